The molecule has 3 heteroatoms. The Morgan fingerprint density at radius 2 is 1.70 bits per heavy atom. The molecule has 3 nitrogen and oxygen atoms in total. The Balaban J connectivity index is 1.70. The van der Waals surface area contributed by atoms with Crippen molar-refractivity contribution in [2.75, 3.05) is 18.4 Å². The molecule has 0 unspecified atom stereocenters. The summed E-state index contributed by atoms with van der Waals surface area (Å²) in [6.45, 7) is 11.1. The predicted molar refractivity (Wildman–Crippen MR) is 98.3 cm³/mol. The summed E-state index contributed by atoms with van der Waals surface area (Å²) in [6.07, 6.45) is 0.218. The van der Waals surface area contributed by atoms with E-state index in [0.29, 0.717) is 0 Å². The van der Waals surface area contributed by atoms with Crippen LogP contribution in [0.1, 0.15) is 30.5 Å². The fourth-order valence-electron chi connectivity index (χ4n) is 2.40. The Morgan fingerprint density at radius 3 is 2.39 bits per heavy atom. The second-order valence-corrected chi connectivity index (χ2v) is 6.23. The third-order valence-electron chi connectivity index (χ3n) is 3.63. The summed E-state index contributed by atoms with van der Waals surface area (Å²) in [7, 11) is 0. The van der Waals surface area contributed by atoms with E-state index >= 15 is 0 Å². The average molecular weight is 312 g/mol. The molecule has 0 aromatic heterocycles. The molecule has 23 heavy (non-hydrogen) atoms. The zero-order valence-corrected chi connectivity index (χ0v) is 14.6. The highest BCUT2D eigenvalue weighted by atomic mass is 16.5. The normalized spacial score (nSPS) is 10.8. The number of hydrogen-bond acceptors (Lipinski definition) is 3. The minimum absolute atomic E-state index is 0.218. The third-order valence-corrected chi connectivity index (χ3v) is 3.63. The summed E-state index contributed by atoms with van der Waals surface area (Å²) in [4.78, 5) is 0. The van der Waals surface area contributed by atoms with Crippen molar-refractivity contribution in [3.8, 4) is 5.75 Å². The molecule has 0 atom stereocenters. The lowest BCUT2D eigenvalue weighted by Gasteiger charge is -2.12. The first-order valence-corrected chi connectivity index (χ1v) is 8.32. The molecule has 0 saturated heterocycles. The number of ether oxygens (including phenoxy) is 1. The molecule has 0 aliphatic heterocycles. The molecular weight excluding hydrogens is 284 g/mol. The molecule has 2 aromatic rings. The first-order chi connectivity index (χ1) is 11.0. The third kappa shape index (κ3) is 5.95. The number of anilines is 1. The van der Waals surface area contributed by atoms with E-state index in [2.05, 4.69) is 54.8 Å². The van der Waals surface area contributed by atoms with Crippen LogP contribution in [-0.4, -0.2) is 19.2 Å². The largest absolute Gasteiger partial charge is 0.491 e. The molecule has 0 amide bonds. The number of benzene rings is 2. The number of hydrogen-bond donors (Lipinski definition) is 2. The Bertz CT molecular complexity index is 606. The summed E-state index contributed by atoms with van der Waals surface area (Å²) >= 11 is 0. The molecular formula is C20H28N2O. The first-order valence-electron chi connectivity index (χ1n) is 8.32. The van der Waals surface area contributed by atoms with Crippen LogP contribution in [0, 0.1) is 13.8 Å². The standard InChI is InChI=1S/C20H28N2O/c1-15(2)23-19-9-7-18(8-10-19)14-21-11-12-22-20-13-16(3)5-6-17(20)4/h5-10,13,15,21-22H,11-12,14H2,1-4H3. The van der Waals surface area contributed by atoms with Crippen molar-refractivity contribution in [1.29, 1.82) is 0 Å². The maximum atomic E-state index is 5.65. The zero-order chi connectivity index (χ0) is 16.7. The van der Waals surface area contributed by atoms with Gasteiger partial charge in [0.15, 0.2) is 0 Å². The van der Waals surface area contributed by atoms with E-state index < -0.39 is 0 Å². The minimum atomic E-state index is 0.218. The van der Waals surface area contributed by atoms with Crippen molar-refractivity contribution in [1.82, 2.24) is 5.32 Å². The second kappa shape index (κ2) is 8.59. The molecule has 0 spiro atoms. The fourth-order valence-corrected chi connectivity index (χ4v) is 2.40. The number of rotatable bonds is 8. The van der Waals surface area contributed by atoms with Gasteiger partial charge in [0.1, 0.15) is 5.75 Å². The van der Waals surface area contributed by atoms with E-state index in [0.717, 1.165) is 25.4 Å². The van der Waals surface area contributed by atoms with Gasteiger partial charge in [-0.25, -0.2) is 0 Å². The summed E-state index contributed by atoms with van der Waals surface area (Å²) in [5.41, 5.74) is 5.07. The second-order valence-electron chi connectivity index (χ2n) is 6.23. The van der Waals surface area contributed by atoms with Gasteiger partial charge in [0.2, 0.25) is 0 Å². The first kappa shape index (κ1) is 17.4. The van der Waals surface area contributed by atoms with Gasteiger partial charge in [0, 0.05) is 25.3 Å². The van der Waals surface area contributed by atoms with E-state index in [1.165, 1.54) is 22.4 Å². The fraction of sp³-hybridized carbons (Fsp3) is 0.400. The maximum Gasteiger partial charge on any atom is 0.119 e. The molecule has 0 bridgehead atoms. The molecule has 2 aromatic carbocycles. The van der Waals surface area contributed by atoms with Gasteiger partial charge in [-0.15, -0.1) is 0 Å². The molecule has 124 valence electrons. The van der Waals surface area contributed by atoms with Crippen molar-refractivity contribution in [2.45, 2.75) is 40.3 Å². The number of aryl methyl sites for hydroxylation is 2. The van der Waals surface area contributed by atoms with E-state index in [9.17, 15) is 0 Å². The molecule has 0 saturated carbocycles. The molecule has 0 aliphatic carbocycles. The molecule has 0 fully saturated rings. The van der Waals surface area contributed by atoms with Crippen LogP contribution in [0.3, 0.4) is 0 Å². The summed E-state index contributed by atoms with van der Waals surface area (Å²) in [5.74, 6) is 0.931. The Labute approximate surface area is 140 Å². The predicted octanol–water partition coefficient (Wildman–Crippen LogP) is 4.29. The van der Waals surface area contributed by atoms with E-state index in [-0.39, 0.29) is 6.10 Å². The van der Waals surface area contributed by atoms with Crippen LogP contribution in [0.5, 0.6) is 5.75 Å². The van der Waals surface area contributed by atoms with Crippen molar-refractivity contribution in [3.63, 3.8) is 0 Å². The van der Waals surface area contributed by atoms with Crippen LogP contribution in [0.4, 0.5) is 5.69 Å². The van der Waals surface area contributed by atoms with E-state index in [4.69, 9.17) is 4.74 Å². The lowest BCUT2D eigenvalue weighted by Crippen LogP contribution is -2.22. The van der Waals surface area contributed by atoms with Crippen LogP contribution in [-0.2, 0) is 6.54 Å². The van der Waals surface area contributed by atoms with Gasteiger partial charge in [-0.2, -0.15) is 0 Å². The van der Waals surface area contributed by atoms with Gasteiger partial charge in [-0.3, -0.25) is 0 Å². The zero-order valence-electron chi connectivity index (χ0n) is 14.6. The molecule has 0 heterocycles. The Morgan fingerprint density at radius 1 is 0.957 bits per heavy atom. The molecule has 0 radical (unpaired) electrons. The SMILES string of the molecule is Cc1ccc(C)c(NCCNCc2ccc(OC(C)C)cc2)c1. The van der Waals surface area contributed by atoms with Crippen LogP contribution < -0.4 is 15.4 Å². The van der Waals surface area contributed by atoms with Crippen LogP contribution in [0.15, 0.2) is 42.5 Å². The Hall–Kier alpha value is -2.00. The highest BCUT2D eigenvalue weighted by molar-refractivity contribution is 5.52. The average Bonchev–Trinajstić information content (AvgIpc) is 2.51. The van der Waals surface area contributed by atoms with Crippen LogP contribution >= 0.6 is 0 Å². The highest BCUT2D eigenvalue weighted by Crippen LogP contribution is 2.16. The van der Waals surface area contributed by atoms with Gasteiger partial charge in [0.05, 0.1) is 6.10 Å². The summed E-state index contributed by atoms with van der Waals surface area (Å²) < 4.78 is 5.65. The van der Waals surface area contributed by atoms with Crippen molar-refractivity contribution in [3.05, 3.63) is 59.2 Å². The van der Waals surface area contributed by atoms with Gasteiger partial charge in [-0.05, 0) is 62.6 Å². The van der Waals surface area contributed by atoms with Crippen molar-refractivity contribution >= 4 is 5.69 Å². The summed E-state index contributed by atoms with van der Waals surface area (Å²) in [5, 5.41) is 6.95. The van der Waals surface area contributed by atoms with Gasteiger partial charge < -0.3 is 15.4 Å². The molecule has 2 rings (SSSR count). The number of nitrogens with one attached hydrogen (secondary N) is 2. The van der Waals surface area contributed by atoms with E-state index in [1.54, 1.807) is 0 Å². The van der Waals surface area contributed by atoms with Crippen LogP contribution in [0.25, 0.3) is 0 Å². The van der Waals surface area contributed by atoms with Crippen molar-refractivity contribution in [2.24, 2.45) is 0 Å². The van der Waals surface area contributed by atoms with E-state index in [1.807, 2.05) is 26.0 Å². The lowest BCUT2D eigenvalue weighted by molar-refractivity contribution is 0.242. The quantitative estimate of drug-likeness (QED) is 0.713. The summed E-state index contributed by atoms with van der Waals surface area (Å²) in [6, 6.07) is 14.8. The van der Waals surface area contributed by atoms with Gasteiger partial charge in [0.25, 0.3) is 0 Å². The smallest absolute Gasteiger partial charge is 0.119 e. The van der Waals surface area contributed by atoms with Gasteiger partial charge >= 0.3 is 0 Å². The minimum Gasteiger partial charge on any atom is -0.491 e. The lowest BCUT2D eigenvalue weighted by atomic mass is 10.1. The monoisotopic (exact) mass is 312 g/mol. The molecule has 0 aliphatic rings. The Kier molecular flexibility index (Phi) is 6.48. The van der Waals surface area contributed by atoms with Crippen molar-refractivity contribution < 1.29 is 4.74 Å². The molecule has 2 N–H and O–H groups in total. The van der Waals surface area contributed by atoms with Crippen LogP contribution in [0.2, 0.25) is 0 Å². The topological polar surface area (TPSA) is 33.3 Å². The highest BCUT2D eigenvalue weighted by Gasteiger charge is 1.99. The maximum absolute atomic E-state index is 5.65. The van der Waals surface area contributed by atoms with Gasteiger partial charge in [-0.1, -0.05) is 24.3 Å².